The fourth-order valence-corrected chi connectivity index (χ4v) is 4.45. The number of ketones is 1. The minimum absolute atomic E-state index is 0.0172. The van der Waals surface area contributed by atoms with E-state index in [-0.39, 0.29) is 5.78 Å². The van der Waals surface area contributed by atoms with Crippen LogP contribution in [0.4, 0.5) is 5.69 Å². The molecule has 0 aliphatic carbocycles. The summed E-state index contributed by atoms with van der Waals surface area (Å²) in [6.45, 7) is 5.61. The SMILES string of the molecule is CC(C)(C)C(=O)[C@H]1[C@H](c2ccco2)C(C#N)(C#N)[C@@H]2C=Cc3ccccc3N21. The summed E-state index contributed by atoms with van der Waals surface area (Å²) in [5.74, 6) is -0.215. The molecule has 0 bridgehead atoms. The number of Topliss-reactive ketones (excluding diaryl/α,β-unsaturated/α-hetero) is 1. The normalized spacial score (nSPS) is 24.8. The molecule has 28 heavy (non-hydrogen) atoms. The van der Waals surface area contributed by atoms with Gasteiger partial charge in [0.25, 0.3) is 0 Å². The highest BCUT2D eigenvalue weighted by Gasteiger charge is 2.65. The Morgan fingerprint density at radius 1 is 1.14 bits per heavy atom. The van der Waals surface area contributed by atoms with E-state index < -0.39 is 28.8 Å². The maximum atomic E-state index is 13.6. The van der Waals surface area contributed by atoms with Crippen LogP contribution in [0.15, 0.2) is 53.2 Å². The van der Waals surface area contributed by atoms with Gasteiger partial charge in [0.2, 0.25) is 0 Å². The van der Waals surface area contributed by atoms with E-state index in [9.17, 15) is 15.3 Å². The average molecular weight is 371 g/mol. The van der Waals surface area contributed by atoms with Gasteiger partial charge in [0.1, 0.15) is 11.8 Å². The molecule has 2 aromatic rings. The zero-order valence-electron chi connectivity index (χ0n) is 16.1. The monoisotopic (exact) mass is 371 g/mol. The highest BCUT2D eigenvalue weighted by Crippen LogP contribution is 2.56. The summed E-state index contributed by atoms with van der Waals surface area (Å²) in [7, 11) is 0. The molecule has 0 saturated carbocycles. The molecular formula is C23H21N3O2. The van der Waals surface area contributed by atoms with Crippen LogP contribution in [0.3, 0.4) is 0 Å². The predicted molar refractivity (Wildman–Crippen MR) is 105 cm³/mol. The molecule has 0 unspecified atom stereocenters. The summed E-state index contributed by atoms with van der Waals surface area (Å²) in [4.78, 5) is 15.6. The fourth-order valence-electron chi connectivity index (χ4n) is 4.45. The van der Waals surface area contributed by atoms with Crippen LogP contribution >= 0.6 is 0 Å². The lowest BCUT2D eigenvalue weighted by molar-refractivity contribution is -0.128. The number of carbonyl (C=O) groups is 1. The molecule has 2 aliphatic rings. The lowest BCUT2D eigenvalue weighted by atomic mass is 9.69. The van der Waals surface area contributed by atoms with E-state index in [0.29, 0.717) is 5.76 Å². The molecule has 0 amide bonds. The van der Waals surface area contributed by atoms with Crippen molar-refractivity contribution >= 4 is 17.5 Å². The predicted octanol–water partition coefficient (Wildman–Crippen LogP) is 4.30. The molecule has 5 nitrogen and oxygen atoms in total. The highest BCUT2D eigenvalue weighted by molar-refractivity contribution is 5.95. The van der Waals surface area contributed by atoms with Crippen molar-refractivity contribution in [3.05, 3.63) is 60.1 Å². The van der Waals surface area contributed by atoms with E-state index in [1.807, 2.05) is 62.1 Å². The van der Waals surface area contributed by atoms with E-state index in [0.717, 1.165) is 11.3 Å². The highest BCUT2D eigenvalue weighted by atomic mass is 16.3. The third-order valence-corrected chi connectivity index (χ3v) is 5.77. The molecule has 3 heterocycles. The van der Waals surface area contributed by atoms with Crippen molar-refractivity contribution in [2.24, 2.45) is 10.8 Å². The average Bonchev–Trinajstić information content (AvgIpc) is 3.30. The zero-order chi connectivity index (χ0) is 20.1. The second-order valence-electron chi connectivity index (χ2n) is 8.41. The van der Waals surface area contributed by atoms with Crippen LogP contribution in [0.5, 0.6) is 0 Å². The summed E-state index contributed by atoms with van der Waals surface area (Å²) in [5, 5.41) is 20.4. The van der Waals surface area contributed by atoms with Crippen molar-refractivity contribution in [3.8, 4) is 12.1 Å². The standard InChI is InChI=1S/C23H21N3O2/c1-22(2,3)21(27)20-19(17-9-6-12-28-17)23(13-24,14-25)18-11-10-15-7-4-5-8-16(15)26(18)20/h4-12,18-20H,1-3H3/t18-,19-,20+/m0/s1. The molecule has 1 fully saturated rings. The second kappa shape index (κ2) is 6.11. The molecular weight excluding hydrogens is 350 g/mol. The Morgan fingerprint density at radius 2 is 1.86 bits per heavy atom. The van der Waals surface area contributed by atoms with E-state index in [1.165, 1.54) is 6.26 Å². The minimum atomic E-state index is -1.44. The number of hydrogen-bond donors (Lipinski definition) is 0. The van der Waals surface area contributed by atoms with Gasteiger partial charge < -0.3 is 9.32 Å². The summed E-state index contributed by atoms with van der Waals surface area (Å²) in [6, 6.07) is 14.6. The first-order valence-electron chi connectivity index (χ1n) is 9.31. The largest absolute Gasteiger partial charge is 0.469 e. The number of nitrogens with zero attached hydrogens (tertiary/aromatic N) is 3. The van der Waals surface area contributed by atoms with Crippen LogP contribution in [-0.2, 0) is 4.79 Å². The number of furan rings is 1. The first kappa shape index (κ1) is 18.1. The van der Waals surface area contributed by atoms with Gasteiger partial charge in [-0.2, -0.15) is 10.5 Å². The van der Waals surface area contributed by atoms with Gasteiger partial charge >= 0.3 is 0 Å². The van der Waals surface area contributed by atoms with Gasteiger partial charge in [-0.05, 0) is 23.8 Å². The van der Waals surface area contributed by atoms with E-state index >= 15 is 0 Å². The number of hydrogen-bond acceptors (Lipinski definition) is 5. The van der Waals surface area contributed by atoms with Crippen molar-refractivity contribution in [2.45, 2.75) is 38.8 Å². The molecule has 0 spiro atoms. The Morgan fingerprint density at radius 3 is 2.46 bits per heavy atom. The van der Waals surface area contributed by atoms with Gasteiger partial charge in [0, 0.05) is 11.1 Å². The van der Waals surface area contributed by atoms with Crippen molar-refractivity contribution in [1.29, 1.82) is 10.5 Å². The van der Waals surface area contributed by atoms with Gasteiger partial charge in [0.05, 0.1) is 30.4 Å². The first-order valence-corrected chi connectivity index (χ1v) is 9.31. The molecule has 2 aliphatic heterocycles. The first-order chi connectivity index (χ1) is 13.3. The lowest BCUT2D eigenvalue weighted by Crippen LogP contribution is -2.47. The van der Waals surface area contributed by atoms with Crippen LogP contribution in [0.25, 0.3) is 6.08 Å². The molecule has 1 aromatic carbocycles. The summed E-state index contributed by atoms with van der Waals surface area (Å²) < 4.78 is 5.66. The summed E-state index contributed by atoms with van der Waals surface area (Å²) in [5.41, 5.74) is -0.248. The Bertz CT molecular complexity index is 1020. The number of rotatable bonds is 2. The van der Waals surface area contributed by atoms with Crippen LogP contribution < -0.4 is 4.90 Å². The molecule has 1 saturated heterocycles. The van der Waals surface area contributed by atoms with Crippen molar-refractivity contribution < 1.29 is 9.21 Å². The third kappa shape index (κ3) is 2.33. The number of fused-ring (bicyclic) bond motifs is 3. The molecule has 5 heteroatoms. The van der Waals surface area contributed by atoms with Crippen LogP contribution in [0.1, 0.15) is 38.0 Å². The number of para-hydroxylation sites is 1. The van der Waals surface area contributed by atoms with Crippen molar-refractivity contribution in [1.82, 2.24) is 0 Å². The number of carbonyl (C=O) groups excluding carboxylic acids is 1. The summed E-state index contributed by atoms with van der Waals surface area (Å²) in [6.07, 6.45) is 5.33. The van der Waals surface area contributed by atoms with Crippen molar-refractivity contribution in [2.75, 3.05) is 4.90 Å². The molecule has 3 atom stereocenters. The Hall–Kier alpha value is -3.31. The zero-order valence-corrected chi connectivity index (χ0v) is 16.1. The van der Waals surface area contributed by atoms with E-state index in [1.54, 1.807) is 12.1 Å². The fraction of sp³-hybridized carbons (Fsp3) is 0.348. The Kier molecular flexibility index (Phi) is 3.94. The maximum absolute atomic E-state index is 13.6. The van der Waals surface area contributed by atoms with Crippen LogP contribution in [0.2, 0.25) is 0 Å². The quantitative estimate of drug-likeness (QED) is 0.786. The third-order valence-electron chi connectivity index (χ3n) is 5.77. The number of anilines is 1. The smallest absolute Gasteiger partial charge is 0.179 e. The second-order valence-corrected chi connectivity index (χ2v) is 8.41. The van der Waals surface area contributed by atoms with Crippen molar-refractivity contribution in [3.63, 3.8) is 0 Å². The van der Waals surface area contributed by atoms with Gasteiger partial charge in [0.15, 0.2) is 11.2 Å². The van der Waals surface area contributed by atoms with Crippen LogP contribution in [-0.4, -0.2) is 17.9 Å². The Balaban J connectivity index is 2.02. The number of benzene rings is 1. The van der Waals surface area contributed by atoms with Gasteiger partial charge in [-0.25, -0.2) is 0 Å². The minimum Gasteiger partial charge on any atom is -0.469 e. The Labute approximate surface area is 164 Å². The topological polar surface area (TPSA) is 81.0 Å². The molecule has 0 N–H and O–H groups in total. The molecule has 0 radical (unpaired) electrons. The summed E-state index contributed by atoms with van der Waals surface area (Å²) >= 11 is 0. The van der Waals surface area contributed by atoms with E-state index in [2.05, 4.69) is 12.1 Å². The maximum Gasteiger partial charge on any atom is 0.179 e. The molecule has 4 rings (SSSR count). The van der Waals surface area contributed by atoms with Crippen LogP contribution in [0, 0.1) is 33.5 Å². The molecule has 1 aromatic heterocycles. The van der Waals surface area contributed by atoms with Gasteiger partial charge in [-0.15, -0.1) is 0 Å². The van der Waals surface area contributed by atoms with E-state index in [4.69, 9.17) is 4.42 Å². The van der Waals surface area contributed by atoms with Gasteiger partial charge in [-0.1, -0.05) is 51.1 Å². The number of nitriles is 2. The van der Waals surface area contributed by atoms with Gasteiger partial charge in [-0.3, -0.25) is 4.79 Å². The molecule has 140 valence electrons. The lowest BCUT2D eigenvalue weighted by Gasteiger charge is -2.37.